The van der Waals surface area contributed by atoms with Gasteiger partial charge >= 0.3 is 6.18 Å². The first-order valence-corrected chi connectivity index (χ1v) is 16.2. The first-order valence-electron chi connectivity index (χ1n) is 14.7. The Morgan fingerprint density at radius 1 is 0.955 bits per heavy atom. The van der Waals surface area contributed by atoms with Crippen molar-refractivity contribution in [1.82, 2.24) is 10.2 Å². The number of rotatable bonds is 11. The number of nitrogens with zero attached hydrogens (tertiary/aromatic N) is 2. The van der Waals surface area contributed by atoms with Crippen molar-refractivity contribution in [1.29, 1.82) is 0 Å². The van der Waals surface area contributed by atoms with Crippen molar-refractivity contribution in [3.8, 4) is 0 Å². The number of halogens is 3. The van der Waals surface area contributed by atoms with E-state index in [4.69, 9.17) is 0 Å². The van der Waals surface area contributed by atoms with Crippen LogP contribution in [0.3, 0.4) is 0 Å². The first-order chi connectivity index (χ1) is 20.8. The normalized spacial score (nSPS) is 14.7. The zero-order valence-electron chi connectivity index (χ0n) is 25.1. The SMILES string of the molecule is CC[C@H](C(=O)NC1CCCC1)N(Cc1ccccc1C)C(=O)CN(c1cccc(C(F)(F)F)c1)S(=O)(=O)c1ccc(C)cc1. The highest BCUT2D eigenvalue weighted by Gasteiger charge is 2.36. The Morgan fingerprint density at radius 2 is 1.61 bits per heavy atom. The maximum Gasteiger partial charge on any atom is 0.416 e. The Labute approximate surface area is 257 Å². The van der Waals surface area contributed by atoms with Crippen LogP contribution in [-0.4, -0.2) is 43.8 Å². The van der Waals surface area contributed by atoms with Gasteiger partial charge in [-0.25, -0.2) is 8.42 Å². The quantitative estimate of drug-likeness (QED) is 0.267. The zero-order valence-corrected chi connectivity index (χ0v) is 25.9. The minimum Gasteiger partial charge on any atom is -0.352 e. The molecule has 11 heteroatoms. The second kappa shape index (κ2) is 13.8. The number of amides is 2. The molecule has 1 atom stereocenters. The summed E-state index contributed by atoms with van der Waals surface area (Å²) in [6.07, 6.45) is -0.808. The molecule has 1 aliphatic rings. The van der Waals surface area contributed by atoms with Gasteiger partial charge in [0.25, 0.3) is 10.0 Å². The van der Waals surface area contributed by atoms with Gasteiger partial charge in [0.2, 0.25) is 11.8 Å². The standard InChI is InChI=1S/C33H38F3N3O4S/c1-4-30(32(41)37-27-13-7-8-14-27)38(21-25-11-6-5-10-24(25)3)31(40)22-39(28-15-9-12-26(20-28)33(34,35)36)44(42,43)29-18-16-23(2)17-19-29/h5-6,9-12,15-20,27,30H,4,7-8,13-14,21-22H2,1-3H3,(H,37,41)/t30-/m1/s1. The molecule has 0 aliphatic heterocycles. The van der Waals surface area contributed by atoms with Gasteiger partial charge in [0.15, 0.2) is 0 Å². The van der Waals surface area contributed by atoms with E-state index in [2.05, 4.69) is 5.32 Å². The summed E-state index contributed by atoms with van der Waals surface area (Å²) in [6, 6.07) is 16.2. The Kier molecular flexibility index (Phi) is 10.4. The van der Waals surface area contributed by atoms with E-state index >= 15 is 0 Å². The van der Waals surface area contributed by atoms with Crippen LogP contribution in [0.1, 0.15) is 61.3 Å². The van der Waals surface area contributed by atoms with E-state index in [1.165, 1.54) is 23.1 Å². The average Bonchev–Trinajstić information content (AvgIpc) is 3.49. The maximum absolute atomic E-state index is 14.2. The van der Waals surface area contributed by atoms with Gasteiger partial charge < -0.3 is 10.2 Å². The van der Waals surface area contributed by atoms with Crippen LogP contribution >= 0.6 is 0 Å². The van der Waals surface area contributed by atoms with Crippen LogP contribution < -0.4 is 9.62 Å². The van der Waals surface area contributed by atoms with E-state index in [1.54, 1.807) is 32.0 Å². The molecular weight excluding hydrogens is 591 g/mol. The monoisotopic (exact) mass is 629 g/mol. The van der Waals surface area contributed by atoms with Gasteiger partial charge in [0.05, 0.1) is 16.1 Å². The summed E-state index contributed by atoms with van der Waals surface area (Å²) in [5.41, 5.74) is 1.06. The molecule has 1 fully saturated rings. The molecule has 4 rings (SSSR count). The lowest BCUT2D eigenvalue weighted by molar-refractivity contribution is -0.140. The number of sulfonamides is 1. The number of carbonyl (C=O) groups excluding carboxylic acids is 2. The third kappa shape index (κ3) is 7.80. The van der Waals surface area contributed by atoms with E-state index in [1.807, 2.05) is 25.1 Å². The van der Waals surface area contributed by atoms with Gasteiger partial charge in [-0.15, -0.1) is 0 Å². The Hall–Kier alpha value is -3.86. The summed E-state index contributed by atoms with van der Waals surface area (Å²) in [7, 11) is -4.50. The third-order valence-corrected chi connectivity index (χ3v) is 9.83. The number of alkyl halides is 3. The number of benzene rings is 3. The molecule has 44 heavy (non-hydrogen) atoms. The minimum absolute atomic E-state index is 0.00418. The van der Waals surface area contributed by atoms with Crippen molar-refractivity contribution in [2.24, 2.45) is 0 Å². The molecule has 0 radical (unpaired) electrons. The maximum atomic E-state index is 14.2. The van der Waals surface area contributed by atoms with Crippen molar-refractivity contribution in [2.45, 2.75) is 82.6 Å². The molecule has 7 nitrogen and oxygen atoms in total. The third-order valence-electron chi connectivity index (χ3n) is 8.04. The van der Waals surface area contributed by atoms with Crippen LogP contribution in [0.5, 0.6) is 0 Å². The lowest BCUT2D eigenvalue weighted by atomic mass is 10.1. The molecule has 2 amide bonds. The summed E-state index contributed by atoms with van der Waals surface area (Å²) >= 11 is 0. The summed E-state index contributed by atoms with van der Waals surface area (Å²) in [5.74, 6) is -1.05. The van der Waals surface area contributed by atoms with Crippen molar-refractivity contribution in [2.75, 3.05) is 10.8 Å². The smallest absolute Gasteiger partial charge is 0.352 e. The summed E-state index contributed by atoms with van der Waals surface area (Å²) in [6.45, 7) is 4.62. The van der Waals surface area contributed by atoms with Crippen LogP contribution in [-0.2, 0) is 32.3 Å². The second-order valence-electron chi connectivity index (χ2n) is 11.2. The fourth-order valence-corrected chi connectivity index (χ4v) is 6.87. The largest absolute Gasteiger partial charge is 0.416 e. The van der Waals surface area contributed by atoms with Gasteiger partial charge in [-0.05, 0) is 74.6 Å². The van der Waals surface area contributed by atoms with Gasteiger partial charge in [-0.2, -0.15) is 13.2 Å². The molecule has 0 aromatic heterocycles. The molecule has 236 valence electrons. The van der Waals surface area contributed by atoms with Crippen LogP contribution in [0.2, 0.25) is 0 Å². The minimum atomic E-state index is -4.73. The molecule has 0 unspecified atom stereocenters. The fourth-order valence-electron chi connectivity index (χ4n) is 5.46. The van der Waals surface area contributed by atoms with Gasteiger partial charge in [-0.1, -0.05) is 67.8 Å². The topological polar surface area (TPSA) is 86.8 Å². The van der Waals surface area contributed by atoms with Gasteiger partial charge in [0, 0.05) is 12.6 Å². The van der Waals surface area contributed by atoms with E-state index in [0.29, 0.717) is 4.31 Å². The summed E-state index contributed by atoms with van der Waals surface area (Å²) in [5, 5.41) is 3.05. The molecule has 3 aromatic carbocycles. The molecular formula is C33H38F3N3O4S. The lowest BCUT2D eigenvalue weighted by Gasteiger charge is -2.34. The van der Waals surface area contributed by atoms with Crippen molar-refractivity contribution in [3.63, 3.8) is 0 Å². The van der Waals surface area contributed by atoms with Crippen LogP contribution in [0.15, 0.2) is 77.7 Å². The van der Waals surface area contributed by atoms with Crippen LogP contribution in [0, 0.1) is 13.8 Å². The van der Waals surface area contributed by atoms with E-state index in [0.717, 1.165) is 60.6 Å². The predicted octanol–water partition coefficient (Wildman–Crippen LogP) is 6.38. The lowest BCUT2D eigenvalue weighted by Crippen LogP contribution is -2.53. The number of nitrogens with one attached hydrogen (secondary N) is 1. The highest BCUT2D eigenvalue weighted by atomic mass is 32.2. The Morgan fingerprint density at radius 3 is 2.23 bits per heavy atom. The molecule has 0 saturated heterocycles. The van der Waals surface area contributed by atoms with Gasteiger partial charge in [-0.3, -0.25) is 13.9 Å². The summed E-state index contributed by atoms with van der Waals surface area (Å²) < 4.78 is 69.7. The van der Waals surface area contributed by atoms with E-state index in [9.17, 15) is 31.2 Å². The van der Waals surface area contributed by atoms with Crippen molar-refractivity contribution < 1.29 is 31.2 Å². The molecule has 1 aliphatic carbocycles. The Bertz CT molecular complexity index is 1570. The first kappa shape index (κ1) is 33.0. The molecule has 0 bridgehead atoms. The average molecular weight is 630 g/mol. The van der Waals surface area contributed by atoms with Crippen molar-refractivity contribution in [3.05, 3.63) is 95.1 Å². The number of hydrogen-bond acceptors (Lipinski definition) is 4. The number of aryl methyl sites for hydroxylation is 2. The van der Waals surface area contributed by atoms with E-state index in [-0.39, 0.29) is 35.5 Å². The number of carbonyl (C=O) groups is 2. The van der Waals surface area contributed by atoms with Gasteiger partial charge in [0.1, 0.15) is 12.6 Å². The number of anilines is 1. The molecule has 0 heterocycles. The predicted molar refractivity (Wildman–Crippen MR) is 163 cm³/mol. The summed E-state index contributed by atoms with van der Waals surface area (Å²) in [4.78, 5) is 28.9. The van der Waals surface area contributed by atoms with E-state index < -0.39 is 40.3 Å². The molecule has 1 saturated carbocycles. The number of hydrogen-bond donors (Lipinski definition) is 1. The molecule has 0 spiro atoms. The molecule has 1 N–H and O–H groups in total. The van der Waals surface area contributed by atoms with Crippen molar-refractivity contribution >= 4 is 27.5 Å². The zero-order chi connectivity index (χ0) is 32.1. The second-order valence-corrected chi connectivity index (χ2v) is 13.1. The highest BCUT2D eigenvalue weighted by molar-refractivity contribution is 7.92. The molecule has 3 aromatic rings. The Balaban J connectivity index is 1.77. The highest BCUT2D eigenvalue weighted by Crippen LogP contribution is 2.33. The fraction of sp³-hybridized carbons (Fsp3) is 0.394. The van der Waals surface area contributed by atoms with Crippen LogP contribution in [0.4, 0.5) is 18.9 Å². The van der Waals surface area contributed by atoms with Crippen LogP contribution in [0.25, 0.3) is 0 Å².